The Kier molecular flexibility index (Phi) is 5.82. The van der Waals surface area contributed by atoms with E-state index in [1.165, 1.54) is 24.2 Å². The number of hydrogen-bond acceptors (Lipinski definition) is 1. The lowest BCUT2D eigenvalue weighted by molar-refractivity contribution is 0.408. The summed E-state index contributed by atoms with van der Waals surface area (Å²) in [6.07, 6.45) is 0. The molecule has 0 N–H and O–H groups in total. The van der Waals surface area contributed by atoms with Crippen molar-refractivity contribution in [1.82, 2.24) is 0 Å². The van der Waals surface area contributed by atoms with Gasteiger partial charge in [0.1, 0.15) is 7.59 Å². The summed E-state index contributed by atoms with van der Waals surface area (Å²) in [5, 5.41) is 1.62. The molecule has 0 spiro atoms. The molecule has 1 aromatic carbocycles. The summed E-state index contributed by atoms with van der Waals surface area (Å²) in [6.45, 7) is 9.45. The lowest BCUT2D eigenvalue weighted by Crippen LogP contribution is -2.69. The van der Waals surface area contributed by atoms with Crippen molar-refractivity contribution < 1.29 is 4.43 Å². The van der Waals surface area contributed by atoms with Gasteiger partial charge in [-0.1, -0.05) is 75.3 Å². The van der Waals surface area contributed by atoms with Gasteiger partial charge in [-0.2, -0.15) is 0 Å². The highest BCUT2D eigenvalue weighted by atomic mass is 29.3. The molecule has 102 valence electrons. The van der Waals surface area contributed by atoms with E-state index in [0.29, 0.717) is 0 Å². The second-order valence-electron chi connectivity index (χ2n) is 5.06. The molecule has 0 atom stereocenters. The minimum absolute atomic E-state index is 1.25. The van der Waals surface area contributed by atoms with Crippen LogP contribution in [0.25, 0.3) is 0 Å². The first-order chi connectivity index (χ1) is 8.66. The van der Waals surface area contributed by atoms with Crippen LogP contribution in [0.15, 0.2) is 30.3 Å². The van der Waals surface area contributed by atoms with Crippen molar-refractivity contribution in [3.05, 3.63) is 30.3 Å². The fourth-order valence-electron chi connectivity index (χ4n) is 3.73. The quantitative estimate of drug-likeness (QED) is 0.684. The normalized spacial score (nSPS) is 12.7. The molecule has 0 radical (unpaired) electrons. The molecule has 18 heavy (non-hydrogen) atoms. The molecular formula is C15H28OSi2. The third kappa shape index (κ3) is 2.36. The molecule has 1 rings (SSSR count). The Morgan fingerprint density at radius 3 is 1.67 bits per heavy atom. The van der Waals surface area contributed by atoms with Gasteiger partial charge in [-0.05, 0) is 12.1 Å². The third-order valence-electron chi connectivity index (χ3n) is 4.94. The second-order valence-corrected chi connectivity index (χ2v) is 18.6. The fourth-order valence-corrected chi connectivity index (χ4v) is 21.7. The van der Waals surface area contributed by atoms with Gasteiger partial charge in [0.2, 0.25) is 0 Å². The maximum absolute atomic E-state index is 6.24. The van der Waals surface area contributed by atoms with Gasteiger partial charge >= 0.3 is 0 Å². The van der Waals surface area contributed by atoms with Crippen LogP contribution in [0.3, 0.4) is 0 Å². The van der Waals surface area contributed by atoms with E-state index in [1.54, 1.807) is 5.19 Å². The highest BCUT2D eigenvalue weighted by Crippen LogP contribution is 2.33. The lowest BCUT2D eigenvalue weighted by Gasteiger charge is -2.45. The van der Waals surface area contributed by atoms with Gasteiger partial charge in [-0.25, -0.2) is 0 Å². The molecule has 1 aromatic rings. The van der Waals surface area contributed by atoms with E-state index < -0.39 is 15.4 Å². The molecule has 0 saturated heterocycles. The predicted octanol–water partition coefficient (Wildman–Crippen LogP) is 4.09. The standard InChI is InChI=1S/C15H28OSi2/c1-6-17(7-2,15-13-11-10-12-14-15)18(8-3,9-4)16-5/h10-14H,6-9H2,1-5H3. The maximum atomic E-state index is 6.24. The minimum Gasteiger partial charge on any atom is -0.422 e. The Balaban J connectivity index is 3.38. The van der Waals surface area contributed by atoms with Gasteiger partial charge in [0.25, 0.3) is 0 Å². The van der Waals surface area contributed by atoms with E-state index in [4.69, 9.17) is 4.43 Å². The molecule has 0 heterocycles. The van der Waals surface area contributed by atoms with E-state index in [-0.39, 0.29) is 0 Å². The van der Waals surface area contributed by atoms with Gasteiger partial charge in [0.05, 0.1) is 0 Å². The van der Waals surface area contributed by atoms with Crippen molar-refractivity contribution in [2.45, 2.75) is 51.9 Å². The van der Waals surface area contributed by atoms with Crippen LogP contribution in [-0.2, 0) is 4.43 Å². The monoisotopic (exact) mass is 280 g/mol. The molecule has 0 aliphatic carbocycles. The first kappa shape index (κ1) is 15.7. The molecule has 0 unspecified atom stereocenters. The van der Waals surface area contributed by atoms with Gasteiger partial charge in [-0.15, -0.1) is 0 Å². The van der Waals surface area contributed by atoms with Crippen molar-refractivity contribution in [3.63, 3.8) is 0 Å². The number of rotatable bonds is 7. The molecule has 3 heteroatoms. The maximum Gasteiger partial charge on any atom is 0.184 e. The summed E-state index contributed by atoms with van der Waals surface area (Å²) >= 11 is 0. The summed E-state index contributed by atoms with van der Waals surface area (Å²) in [7, 11) is -1.11. The Morgan fingerprint density at radius 2 is 1.33 bits per heavy atom. The summed E-state index contributed by atoms with van der Waals surface area (Å²) < 4.78 is 6.24. The van der Waals surface area contributed by atoms with Crippen molar-refractivity contribution >= 4 is 20.6 Å². The molecule has 0 aromatic heterocycles. The summed E-state index contributed by atoms with van der Waals surface area (Å²) in [5.41, 5.74) is 0. The molecule has 0 saturated carbocycles. The first-order valence-corrected chi connectivity index (χ1v) is 13.0. The van der Waals surface area contributed by atoms with Crippen LogP contribution in [0.2, 0.25) is 24.2 Å². The van der Waals surface area contributed by atoms with Crippen molar-refractivity contribution in [1.29, 1.82) is 0 Å². The minimum atomic E-state index is -1.60. The Hall–Kier alpha value is -0.386. The SMILES string of the molecule is CC[Si](CC)(OC)[Si](CC)(CC)c1ccccc1. The van der Waals surface area contributed by atoms with Gasteiger partial charge in [-0.3, -0.25) is 0 Å². The average Bonchev–Trinajstić information content (AvgIpc) is 2.46. The topological polar surface area (TPSA) is 9.23 Å². The first-order valence-electron chi connectivity index (χ1n) is 7.27. The zero-order chi connectivity index (χ0) is 13.6. The lowest BCUT2D eigenvalue weighted by atomic mass is 10.4. The van der Waals surface area contributed by atoms with Gasteiger partial charge < -0.3 is 4.43 Å². The Labute approximate surface area is 115 Å². The second kappa shape index (κ2) is 6.69. The smallest absolute Gasteiger partial charge is 0.184 e. The molecule has 0 fully saturated rings. The summed E-state index contributed by atoms with van der Waals surface area (Å²) in [4.78, 5) is 0. The highest BCUT2D eigenvalue weighted by Gasteiger charge is 2.52. The van der Waals surface area contributed by atoms with Crippen LogP contribution in [0.5, 0.6) is 0 Å². The number of hydrogen-bond donors (Lipinski definition) is 0. The number of benzene rings is 1. The fraction of sp³-hybridized carbons (Fsp3) is 0.600. The zero-order valence-corrected chi connectivity index (χ0v) is 14.6. The van der Waals surface area contributed by atoms with Crippen LogP contribution < -0.4 is 5.19 Å². The molecule has 1 nitrogen and oxygen atoms in total. The van der Waals surface area contributed by atoms with Crippen LogP contribution >= 0.6 is 0 Å². The van der Waals surface area contributed by atoms with Crippen LogP contribution in [0, 0.1) is 0 Å². The molecule has 0 bridgehead atoms. The average molecular weight is 281 g/mol. The van der Waals surface area contributed by atoms with E-state index in [1.807, 2.05) is 7.11 Å². The predicted molar refractivity (Wildman–Crippen MR) is 86.5 cm³/mol. The highest BCUT2D eigenvalue weighted by molar-refractivity contribution is 7.44. The molecule has 0 aliphatic rings. The van der Waals surface area contributed by atoms with E-state index in [2.05, 4.69) is 58.0 Å². The largest absolute Gasteiger partial charge is 0.422 e. The molecule has 0 amide bonds. The van der Waals surface area contributed by atoms with E-state index >= 15 is 0 Å². The van der Waals surface area contributed by atoms with Crippen molar-refractivity contribution in [2.24, 2.45) is 0 Å². The van der Waals surface area contributed by atoms with Crippen LogP contribution in [0.4, 0.5) is 0 Å². The summed E-state index contributed by atoms with van der Waals surface area (Å²) in [6, 6.07) is 16.4. The Bertz CT molecular complexity index is 335. The van der Waals surface area contributed by atoms with Gasteiger partial charge in [0, 0.05) is 7.11 Å². The third-order valence-corrected chi connectivity index (χ3v) is 24.6. The molecule has 0 aliphatic heterocycles. The van der Waals surface area contributed by atoms with E-state index in [0.717, 1.165) is 0 Å². The van der Waals surface area contributed by atoms with Gasteiger partial charge in [0.15, 0.2) is 7.83 Å². The van der Waals surface area contributed by atoms with Crippen molar-refractivity contribution in [3.8, 4) is 0 Å². The van der Waals surface area contributed by atoms with Crippen LogP contribution in [0.1, 0.15) is 27.7 Å². The molecular weight excluding hydrogens is 252 g/mol. The summed E-state index contributed by atoms with van der Waals surface area (Å²) in [5.74, 6) is 0. The van der Waals surface area contributed by atoms with Crippen molar-refractivity contribution in [2.75, 3.05) is 7.11 Å². The van der Waals surface area contributed by atoms with E-state index in [9.17, 15) is 0 Å². The zero-order valence-electron chi connectivity index (χ0n) is 12.6. The Morgan fingerprint density at radius 1 is 0.833 bits per heavy atom. The van der Waals surface area contributed by atoms with Crippen LogP contribution in [-0.4, -0.2) is 22.5 Å².